The van der Waals surface area contributed by atoms with E-state index < -0.39 is 0 Å². The molecule has 1 aromatic carbocycles. The Labute approximate surface area is 124 Å². The summed E-state index contributed by atoms with van der Waals surface area (Å²) in [5.74, 6) is 1.90. The number of hydrogen-bond acceptors (Lipinski definition) is 2. The van der Waals surface area contributed by atoms with Gasteiger partial charge in [-0.15, -0.1) is 0 Å². The predicted molar refractivity (Wildman–Crippen MR) is 84.2 cm³/mol. The van der Waals surface area contributed by atoms with Crippen LogP contribution in [0.3, 0.4) is 0 Å². The number of nitrogens with one attached hydrogen (secondary N) is 1. The van der Waals surface area contributed by atoms with E-state index in [0.717, 1.165) is 22.9 Å². The number of rotatable bonds is 4. The molecule has 0 spiro atoms. The molecule has 0 aliphatic heterocycles. The minimum Gasteiger partial charge on any atom is -0.378 e. The molecular weight excluding hydrogens is 300 g/mol. The summed E-state index contributed by atoms with van der Waals surface area (Å²) in [6.45, 7) is 0.739. The average Bonchev–Trinajstić information content (AvgIpc) is 3.23. The Bertz CT molecular complexity index is 444. The summed E-state index contributed by atoms with van der Waals surface area (Å²) in [4.78, 5) is 0. The van der Waals surface area contributed by atoms with Crippen LogP contribution in [0.4, 0.5) is 5.69 Å². The van der Waals surface area contributed by atoms with Gasteiger partial charge in [0.05, 0.1) is 0 Å². The van der Waals surface area contributed by atoms with Crippen LogP contribution in [0.1, 0.15) is 38.5 Å². The monoisotopic (exact) mass is 322 g/mol. The largest absolute Gasteiger partial charge is 0.378 e. The van der Waals surface area contributed by atoms with Gasteiger partial charge < -0.3 is 11.1 Å². The molecule has 1 aromatic rings. The van der Waals surface area contributed by atoms with Crippen LogP contribution in [0.15, 0.2) is 28.7 Å². The van der Waals surface area contributed by atoms with Crippen molar-refractivity contribution >= 4 is 21.6 Å². The molecule has 2 fully saturated rings. The summed E-state index contributed by atoms with van der Waals surface area (Å²) in [7, 11) is 0. The Morgan fingerprint density at radius 2 is 2.11 bits per heavy atom. The summed E-state index contributed by atoms with van der Waals surface area (Å²) >= 11 is 3.54. The number of anilines is 1. The lowest BCUT2D eigenvalue weighted by atomic mass is 9.73. The molecule has 3 heteroatoms. The standard InChI is InChI=1S/C16H23BrN2/c17-14-4-1-5-15(9-14)19-16(11-18)8-2-3-13(10-16)12-6-7-12/h1,4-5,9,12-13,19H,2-3,6-8,10-11,18H2. The number of hydrogen-bond donors (Lipinski definition) is 2. The fourth-order valence-electron chi connectivity index (χ4n) is 3.60. The second-order valence-corrected chi connectivity index (χ2v) is 7.23. The summed E-state index contributed by atoms with van der Waals surface area (Å²) in [5, 5.41) is 3.74. The zero-order valence-electron chi connectivity index (χ0n) is 11.4. The van der Waals surface area contributed by atoms with Crippen LogP contribution in [0, 0.1) is 11.8 Å². The fraction of sp³-hybridized carbons (Fsp3) is 0.625. The lowest BCUT2D eigenvalue weighted by molar-refractivity contribution is 0.228. The van der Waals surface area contributed by atoms with Crippen LogP contribution in [0.2, 0.25) is 0 Å². The Balaban J connectivity index is 1.74. The molecule has 2 aliphatic rings. The molecule has 0 bridgehead atoms. The van der Waals surface area contributed by atoms with Crippen molar-refractivity contribution in [2.45, 2.75) is 44.1 Å². The molecule has 2 atom stereocenters. The minimum absolute atomic E-state index is 0.117. The normalized spacial score (nSPS) is 31.2. The third-order valence-electron chi connectivity index (χ3n) is 4.80. The highest BCUT2D eigenvalue weighted by atomic mass is 79.9. The average molecular weight is 323 g/mol. The third kappa shape index (κ3) is 3.14. The quantitative estimate of drug-likeness (QED) is 0.873. The van der Waals surface area contributed by atoms with Gasteiger partial charge in [-0.3, -0.25) is 0 Å². The molecule has 19 heavy (non-hydrogen) atoms. The van der Waals surface area contributed by atoms with Crippen molar-refractivity contribution in [1.82, 2.24) is 0 Å². The first kappa shape index (κ1) is 13.4. The second kappa shape index (κ2) is 5.45. The zero-order valence-corrected chi connectivity index (χ0v) is 13.0. The molecule has 0 radical (unpaired) electrons. The fourth-order valence-corrected chi connectivity index (χ4v) is 4.00. The van der Waals surface area contributed by atoms with E-state index in [9.17, 15) is 0 Å². The molecule has 2 nitrogen and oxygen atoms in total. The summed E-state index contributed by atoms with van der Waals surface area (Å²) < 4.78 is 1.12. The van der Waals surface area contributed by atoms with Gasteiger partial charge in [0.2, 0.25) is 0 Å². The smallest absolute Gasteiger partial charge is 0.0498 e. The Morgan fingerprint density at radius 3 is 2.79 bits per heavy atom. The molecule has 3 N–H and O–H groups in total. The van der Waals surface area contributed by atoms with Crippen molar-refractivity contribution in [1.29, 1.82) is 0 Å². The van der Waals surface area contributed by atoms with E-state index in [0.29, 0.717) is 0 Å². The molecular formula is C16H23BrN2. The lowest BCUT2D eigenvalue weighted by Crippen LogP contribution is -2.49. The van der Waals surface area contributed by atoms with Crippen LogP contribution in [-0.2, 0) is 0 Å². The van der Waals surface area contributed by atoms with Gasteiger partial charge in [0.15, 0.2) is 0 Å². The molecule has 0 amide bonds. The first-order valence-corrected chi connectivity index (χ1v) is 8.24. The van der Waals surface area contributed by atoms with Crippen molar-refractivity contribution in [2.75, 3.05) is 11.9 Å². The van der Waals surface area contributed by atoms with Crippen LogP contribution in [0.5, 0.6) is 0 Å². The molecule has 2 aliphatic carbocycles. The molecule has 3 rings (SSSR count). The maximum Gasteiger partial charge on any atom is 0.0498 e. The summed E-state index contributed by atoms with van der Waals surface area (Å²) in [6, 6.07) is 8.44. The predicted octanol–water partition coefficient (Wildman–Crippen LogP) is 4.16. The number of nitrogens with two attached hydrogens (primary N) is 1. The topological polar surface area (TPSA) is 38.0 Å². The molecule has 2 saturated carbocycles. The molecule has 0 heterocycles. The van der Waals surface area contributed by atoms with Gasteiger partial charge in [0.25, 0.3) is 0 Å². The highest BCUT2D eigenvalue weighted by molar-refractivity contribution is 9.10. The Kier molecular flexibility index (Phi) is 3.86. The van der Waals surface area contributed by atoms with Gasteiger partial charge in [-0.25, -0.2) is 0 Å². The lowest BCUT2D eigenvalue weighted by Gasteiger charge is -2.42. The van der Waals surface area contributed by atoms with E-state index >= 15 is 0 Å². The second-order valence-electron chi connectivity index (χ2n) is 6.31. The van der Waals surface area contributed by atoms with Gasteiger partial charge in [-0.05, 0) is 55.7 Å². The number of benzene rings is 1. The van der Waals surface area contributed by atoms with Crippen LogP contribution >= 0.6 is 15.9 Å². The van der Waals surface area contributed by atoms with E-state index in [4.69, 9.17) is 5.73 Å². The molecule has 104 valence electrons. The highest BCUT2D eigenvalue weighted by Crippen LogP contribution is 2.47. The van der Waals surface area contributed by atoms with Gasteiger partial charge in [0, 0.05) is 22.2 Å². The van der Waals surface area contributed by atoms with Gasteiger partial charge in [-0.2, -0.15) is 0 Å². The Hall–Kier alpha value is -0.540. The maximum atomic E-state index is 6.13. The molecule has 2 unspecified atom stereocenters. The summed E-state index contributed by atoms with van der Waals surface area (Å²) in [6.07, 6.45) is 8.08. The zero-order chi connectivity index (χ0) is 13.3. The highest BCUT2D eigenvalue weighted by Gasteiger charge is 2.41. The first-order chi connectivity index (χ1) is 9.21. The van der Waals surface area contributed by atoms with E-state index in [2.05, 4.69) is 45.5 Å². The van der Waals surface area contributed by atoms with Crippen molar-refractivity contribution in [2.24, 2.45) is 17.6 Å². The van der Waals surface area contributed by atoms with Crippen molar-refractivity contribution in [3.63, 3.8) is 0 Å². The van der Waals surface area contributed by atoms with E-state index in [1.807, 2.05) is 0 Å². The maximum absolute atomic E-state index is 6.13. The van der Waals surface area contributed by atoms with Crippen LogP contribution in [0.25, 0.3) is 0 Å². The van der Waals surface area contributed by atoms with Crippen molar-refractivity contribution in [3.05, 3.63) is 28.7 Å². The molecule has 0 saturated heterocycles. The van der Waals surface area contributed by atoms with E-state index in [1.165, 1.54) is 44.2 Å². The van der Waals surface area contributed by atoms with E-state index in [-0.39, 0.29) is 5.54 Å². The first-order valence-electron chi connectivity index (χ1n) is 7.45. The summed E-state index contributed by atoms with van der Waals surface area (Å²) in [5.41, 5.74) is 7.44. The Morgan fingerprint density at radius 1 is 1.26 bits per heavy atom. The van der Waals surface area contributed by atoms with Gasteiger partial charge in [-0.1, -0.05) is 34.8 Å². The van der Waals surface area contributed by atoms with Gasteiger partial charge in [0.1, 0.15) is 0 Å². The van der Waals surface area contributed by atoms with E-state index in [1.54, 1.807) is 0 Å². The van der Waals surface area contributed by atoms with Crippen LogP contribution < -0.4 is 11.1 Å². The van der Waals surface area contributed by atoms with Crippen LogP contribution in [-0.4, -0.2) is 12.1 Å². The van der Waals surface area contributed by atoms with Crippen molar-refractivity contribution < 1.29 is 0 Å². The van der Waals surface area contributed by atoms with Gasteiger partial charge >= 0.3 is 0 Å². The van der Waals surface area contributed by atoms with Crippen molar-refractivity contribution in [3.8, 4) is 0 Å². The third-order valence-corrected chi connectivity index (χ3v) is 5.29. The minimum atomic E-state index is 0.117. The SMILES string of the molecule is NCC1(Nc2cccc(Br)c2)CCCC(C2CC2)C1. The molecule has 0 aromatic heterocycles. The number of halogens is 1.